The molecular formula is C17H17N. The number of rotatable bonds is 3. The van der Waals surface area contributed by atoms with Crippen molar-refractivity contribution in [2.75, 3.05) is 6.54 Å². The van der Waals surface area contributed by atoms with Crippen LogP contribution in [0.15, 0.2) is 54.6 Å². The summed E-state index contributed by atoms with van der Waals surface area (Å²) in [5.74, 6) is 6.28. The fourth-order valence-electron chi connectivity index (χ4n) is 1.65. The van der Waals surface area contributed by atoms with E-state index in [4.69, 9.17) is 0 Å². The van der Waals surface area contributed by atoms with Gasteiger partial charge < -0.3 is 5.32 Å². The Morgan fingerprint density at radius 1 is 0.944 bits per heavy atom. The van der Waals surface area contributed by atoms with Gasteiger partial charge in [-0.25, -0.2) is 0 Å². The quantitative estimate of drug-likeness (QED) is 0.636. The number of nitrogens with one attached hydrogen (secondary N) is 1. The van der Waals surface area contributed by atoms with E-state index in [2.05, 4.69) is 72.6 Å². The second-order valence-electron chi connectivity index (χ2n) is 4.26. The molecule has 0 aliphatic rings. The lowest BCUT2D eigenvalue weighted by Gasteiger charge is -1.99. The minimum atomic E-state index is 0.711. The molecule has 0 atom stereocenters. The Kier molecular flexibility index (Phi) is 4.58. The van der Waals surface area contributed by atoms with Gasteiger partial charge in [0, 0.05) is 12.1 Å². The van der Waals surface area contributed by atoms with E-state index in [1.165, 1.54) is 11.1 Å². The SMILES string of the molecule is Cc1ccc(C#CCNCc2ccccc2)cc1. The predicted molar refractivity (Wildman–Crippen MR) is 76.2 cm³/mol. The van der Waals surface area contributed by atoms with Gasteiger partial charge in [0.05, 0.1) is 6.54 Å². The van der Waals surface area contributed by atoms with Gasteiger partial charge >= 0.3 is 0 Å². The van der Waals surface area contributed by atoms with Crippen molar-refractivity contribution in [3.63, 3.8) is 0 Å². The molecule has 18 heavy (non-hydrogen) atoms. The Morgan fingerprint density at radius 2 is 1.67 bits per heavy atom. The molecule has 0 aromatic heterocycles. The lowest BCUT2D eigenvalue weighted by Crippen LogP contribution is -2.12. The first kappa shape index (κ1) is 12.4. The van der Waals surface area contributed by atoms with E-state index in [1.54, 1.807) is 0 Å². The molecule has 0 bridgehead atoms. The van der Waals surface area contributed by atoms with Crippen LogP contribution in [0.4, 0.5) is 0 Å². The van der Waals surface area contributed by atoms with E-state index in [9.17, 15) is 0 Å². The third-order valence-electron chi connectivity index (χ3n) is 2.67. The van der Waals surface area contributed by atoms with Crippen LogP contribution in [0, 0.1) is 18.8 Å². The Morgan fingerprint density at radius 3 is 2.39 bits per heavy atom. The molecule has 0 radical (unpaired) electrons. The largest absolute Gasteiger partial charge is 0.302 e. The van der Waals surface area contributed by atoms with Crippen LogP contribution < -0.4 is 5.32 Å². The highest BCUT2D eigenvalue weighted by Gasteiger charge is 1.88. The Balaban J connectivity index is 1.77. The van der Waals surface area contributed by atoms with Gasteiger partial charge in [0.2, 0.25) is 0 Å². The van der Waals surface area contributed by atoms with E-state index in [1.807, 2.05) is 6.07 Å². The second kappa shape index (κ2) is 6.64. The van der Waals surface area contributed by atoms with Gasteiger partial charge in [0.25, 0.3) is 0 Å². The number of hydrogen-bond acceptors (Lipinski definition) is 1. The fraction of sp³-hybridized carbons (Fsp3) is 0.176. The van der Waals surface area contributed by atoms with Crippen LogP contribution in [-0.2, 0) is 6.54 Å². The van der Waals surface area contributed by atoms with Crippen LogP contribution in [0.25, 0.3) is 0 Å². The molecule has 0 aliphatic carbocycles. The maximum absolute atomic E-state index is 3.31. The van der Waals surface area contributed by atoms with Crippen molar-refractivity contribution < 1.29 is 0 Å². The number of aryl methyl sites for hydroxylation is 1. The molecule has 0 aliphatic heterocycles. The molecule has 0 fully saturated rings. The molecule has 0 spiro atoms. The first-order chi connectivity index (χ1) is 8.84. The molecule has 1 heteroatoms. The zero-order chi connectivity index (χ0) is 12.6. The summed E-state index contributed by atoms with van der Waals surface area (Å²) in [6.45, 7) is 3.66. The van der Waals surface area contributed by atoms with E-state index < -0.39 is 0 Å². The summed E-state index contributed by atoms with van der Waals surface area (Å²) in [6.07, 6.45) is 0. The van der Waals surface area contributed by atoms with E-state index in [0.29, 0.717) is 6.54 Å². The molecule has 0 amide bonds. The molecular weight excluding hydrogens is 218 g/mol. The van der Waals surface area contributed by atoms with Gasteiger partial charge in [-0.2, -0.15) is 0 Å². The van der Waals surface area contributed by atoms with Gasteiger partial charge in [-0.05, 0) is 24.6 Å². The number of hydrogen-bond donors (Lipinski definition) is 1. The molecule has 1 N–H and O–H groups in total. The summed E-state index contributed by atoms with van der Waals surface area (Å²) < 4.78 is 0. The summed E-state index contributed by atoms with van der Waals surface area (Å²) in [7, 11) is 0. The molecule has 0 saturated carbocycles. The average molecular weight is 235 g/mol. The molecule has 90 valence electrons. The van der Waals surface area contributed by atoms with Crippen molar-refractivity contribution in [3.05, 3.63) is 71.3 Å². The van der Waals surface area contributed by atoms with Crippen LogP contribution in [0.2, 0.25) is 0 Å². The van der Waals surface area contributed by atoms with Gasteiger partial charge in [-0.15, -0.1) is 0 Å². The zero-order valence-electron chi connectivity index (χ0n) is 10.6. The van der Waals surface area contributed by atoms with Crippen LogP contribution in [0.3, 0.4) is 0 Å². The predicted octanol–water partition coefficient (Wildman–Crippen LogP) is 3.14. The minimum Gasteiger partial charge on any atom is -0.302 e. The van der Waals surface area contributed by atoms with Gasteiger partial charge in [-0.1, -0.05) is 59.9 Å². The maximum Gasteiger partial charge on any atom is 0.0582 e. The van der Waals surface area contributed by atoms with Crippen LogP contribution in [-0.4, -0.2) is 6.54 Å². The smallest absolute Gasteiger partial charge is 0.0582 e. The molecule has 1 nitrogen and oxygen atoms in total. The molecule has 0 saturated heterocycles. The summed E-state index contributed by atoms with van der Waals surface area (Å²) in [4.78, 5) is 0. The Bertz CT molecular complexity index is 529. The third kappa shape index (κ3) is 4.08. The van der Waals surface area contributed by atoms with E-state index in [-0.39, 0.29) is 0 Å². The molecule has 0 heterocycles. The fourth-order valence-corrected chi connectivity index (χ4v) is 1.65. The summed E-state index contributed by atoms with van der Waals surface area (Å²) in [6, 6.07) is 18.6. The van der Waals surface area contributed by atoms with Gasteiger partial charge in [0.1, 0.15) is 0 Å². The van der Waals surface area contributed by atoms with Crippen molar-refractivity contribution in [2.24, 2.45) is 0 Å². The molecule has 0 unspecified atom stereocenters. The van der Waals surface area contributed by atoms with Gasteiger partial charge in [0.15, 0.2) is 0 Å². The normalized spacial score (nSPS) is 9.61. The van der Waals surface area contributed by atoms with Crippen molar-refractivity contribution >= 4 is 0 Å². The van der Waals surface area contributed by atoms with Crippen molar-refractivity contribution in [2.45, 2.75) is 13.5 Å². The number of benzene rings is 2. The summed E-state index contributed by atoms with van der Waals surface area (Å²) in [5, 5.41) is 3.31. The second-order valence-corrected chi connectivity index (χ2v) is 4.26. The molecule has 2 aromatic carbocycles. The van der Waals surface area contributed by atoms with E-state index in [0.717, 1.165) is 12.1 Å². The van der Waals surface area contributed by atoms with Crippen molar-refractivity contribution in [1.82, 2.24) is 5.32 Å². The summed E-state index contributed by atoms with van der Waals surface area (Å²) >= 11 is 0. The standard InChI is InChI=1S/C17H17N/c1-15-9-11-16(12-10-15)8-5-13-18-14-17-6-3-2-4-7-17/h2-4,6-7,9-12,18H,13-14H2,1H3. The monoisotopic (exact) mass is 235 g/mol. The summed E-state index contributed by atoms with van der Waals surface area (Å²) in [5.41, 5.74) is 3.62. The first-order valence-corrected chi connectivity index (χ1v) is 6.15. The first-order valence-electron chi connectivity index (χ1n) is 6.15. The average Bonchev–Trinajstić information content (AvgIpc) is 2.42. The lowest BCUT2D eigenvalue weighted by molar-refractivity contribution is 0.770. The van der Waals surface area contributed by atoms with Gasteiger partial charge in [-0.3, -0.25) is 0 Å². The van der Waals surface area contributed by atoms with E-state index >= 15 is 0 Å². The highest BCUT2D eigenvalue weighted by Crippen LogP contribution is 2.00. The van der Waals surface area contributed by atoms with Crippen molar-refractivity contribution in [3.8, 4) is 11.8 Å². The van der Waals surface area contributed by atoms with Crippen molar-refractivity contribution in [1.29, 1.82) is 0 Å². The molecule has 2 aromatic rings. The molecule has 2 rings (SSSR count). The topological polar surface area (TPSA) is 12.0 Å². The zero-order valence-corrected chi connectivity index (χ0v) is 10.6. The van der Waals surface area contributed by atoms with Crippen LogP contribution >= 0.6 is 0 Å². The van der Waals surface area contributed by atoms with Crippen LogP contribution in [0.1, 0.15) is 16.7 Å². The van der Waals surface area contributed by atoms with Crippen LogP contribution in [0.5, 0.6) is 0 Å². The highest BCUT2D eigenvalue weighted by molar-refractivity contribution is 5.36. The third-order valence-corrected chi connectivity index (χ3v) is 2.67. The Labute approximate surface area is 109 Å². The maximum atomic E-state index is 3.31. The Hall–Kier alpha value is -2.04. The lowest BCUT2D eigenvalue weighted by atomic mass is 10.1. The minimum absolute atomic E-state index is 0.711. The highest BCUT2D eigenvalue weighted by atomic mass is 14.8.